The lowest BCUT2D eigenvalue weighted by Gasteiger charge is -2.19. The number of amides is 1. The molecular weight excluding hydrogens is 402 g/mol. The number of carbonyl (C=O) groups is 2. The van der Waals surface area contributed by atoms with Crippen molar-refractivity contribution < 1.29 is 14.3 Å². The number of ketones is 1. The number of rotatable bonds is 2. The highest BCUT2D eigenvalue weighted by Crippen LogP contribution is 2.34. The third kappa shape index (κ3) is 2.87. The molecule has 1 aliphatic rings. The number of hydrogen-bond acceptors (Lipinski definition) is 3. The Hall–Kier alpha value is -1.66. The number of ether oxygens (including phenoxy) is 1. The van der Waals surface area contributed by atoms with Gasteiger partial charge in [0, 0.05) is 20.1 Å². The predicted molar refractivity (Wildman–Crippen MR) is 85.8 cm³/mol. The molecule has 3 rings (SSSR count). The third-order valence-corrected chi connectivity index (χ3v) is 4.18. The van der Waals surface area contributed by atoms with Gasteiger partial charge in [0.1, 0.15) is 5.75 Å². The maximum atomic E-state index is 12.6. The molecule has 4 nitrogen and oxygen atoms in total. The molecule has 2 aromatic rings. The molecule has 0 bridgehead atoms. The molecule has 0 aromatic heterocycles. The maximum absolute atomic E-state index is 12.6. The van der Waals surface area contributed by atoms with Crippen molar-refractivity contribution in [1.82, 2.24) is 0 Å². The zero-order valence-electron chi connectivity index (χ0n) is 10.7. The van der Waals surface area contributed by atoms with E-state index in [9.17, 15) is 9.59 Å². The van der Waals surface area contributed by atoms with Gasteiger partial charge in [-0.15, -0.1) is 0 Å². The van der Waals surface area contributed by atoms with Crippen molar-refractivity contribution in [2.45, 2.75) is 0 Å². The SMILES string of the molecule is O=C1COc2cc(C(=O)c3cccc(Br)c3)c(Br)cc2N1. The fourth-order valence-corrected chi connectivity index (χ4v) is 2.98. The molecule has 0 fully saturated rings. The summed E-state index contributed by atoms with van der Waals surface area (Å²) in [4.78, 5) is 23.9. The van der Waals surface area contributed by atoms with Gasteiger partial charge in [-0.2, -0.15) is 0 Å². The van der Waals surface area contributed by atoms with Crippen molar-refractivity contribution in [2.24, 2.45) is 0 Å². The van der Waals surface area contributed by atoms with Gasteiger partial charge in [-0.25, -0.2) is 0 Å². The smallest absolute Gasteiger partial charge is 0.262 e. The van der Waals surface area contributed by atoms with E-state index in [4.69, 9.17) is 4.74 Å². The molecule has 1 amide bonds. The highest BCUT2D eigenvalue weighted by molar-refractivity contribution is 9.10. The molecule has 0 aliphatic carbocycles. The molecule has 21 heavy (non-hydrogen) atoms. The largest absolute Gasteiger partial charge is 0.482 e. The van der Waals surface area contributed by atoms with E-state index in [0.29, 0.717) is 27.0 Å². The molecule has 0 saturated carbocycles. The number of carbonyl (C=O) groups excluding carboxylic acids is 2. The van der Waals surface area contributed by atoms with Crippen LogP contribution in [0.4, 0.5) is 5.69 Å². The Balaban J connectivity index is 2.03. The minimum Gasteiger partial charge on any atom is -0.482 e. The molecule has 1 aliphatic heterocycles. The molecular formula is C15H9Br2NO3. The summed E-state index contributed by atoms with van der Waals surface area (Å²) in [7, 11) is 0. The summed E-state index contributed by atoms with van der Waals surface area (Å²) in [6, 6.07) is 10.5. The van der Waals surface area contributed by atoms with Crippen molar-refractivity contribution in [3.05, 3.63) is 56.5 Å². The monoisotopic (exact) mass is 409 g/mol. The molecule has 106 valence electrons. The second kappa shape index (κ2) is 5.61. The predicted octanol–water partition coefficient (Wildman–Crippen LogP) is 3.77. The summed E-state index contributed by atoms with van der Waals surface area (Å²) in [6.07, 6.45) is 0. The number of nitrogens with one attached hydrogen (secondary N) is 1. The van der Waals surface area contributed by atoms with E-state index < -0.39 is 0 Å². The first kappa shape index (κ1) is 14.3. The molecule has 6 heteroatoms. The van der Waals surface area contributed by atoms with Crippen LogP contribution in [0.2, 0.25) is 0 Å². The third-order valence-electron chi connectivity index (χ3n) is 3.03. The Morgan fingerprint density at radius 1 is 1.19 bits per heavy atom. The quantitative estimate of drug-likeness (QED) is 0.766. The van der Waals surface area contributed by atoms with Crippen LogP contribution in [-0.4, -0.2) is 18.3 Å². The van der Waals surface area contributed by atoms with Crippen LogP contribution in [-0.2, 0) is 4.79 Å². The van der Waals surface area contributed by atoms with Crippen LogP contribution in [0.3, 0.4) is 0 Å². The number of fused-ring (bicyclic) bond motifs is 1. The number of halogens is 2. The first-order valence-electron chi connectivity index (χ1n) is 6.11. The lowest BCUT2D eigenvalue weighted by atomic mass is 10.0. The number of benzene rings is 2. The Morgan fingerprint density at radius 2 is 2.00 bits per heavy atom. The Labute approximate surface area is 137 Å². The van der Waals surface area contributed by atoms with E-state index >= 15 is 0 Å². The number of hydrogen-bond donors (Lipinski definition) is 1. The highest BCUT2D eigenvalue weighted by Gasteiger charge is 2.21. The first-order chi connectivity index (χ1) is 10.0. The van der Waals surface area contributed by atoms with Crippen molar-refractivity contribution in [3.63, 3.8) is 0 Å². The van der Waals surface area contributed by atoms with Gasteiger partial charge >= 0.3 is 0 Å². The molecule has 0 unspecified atom stereocenters. The normalized spacial score (nSPS) is 13.1. The van der Waals surface area contributed by atoms with Crippen LogP contribution in [0.25, 0.3) is 0 Å². The van der Waals surface area contributed by atoms with Gasteiger partial charge in [-0.05, 0) is 40.2 Å². The first-order valence-corrected chi connectivity index (χ1v) is 7.69. The van der Waals surface area contributed by atoms with Crippen molar-refractivity contribution in [3.8, 4) is 5.75 Å². The van der Waals surface area contributed by atoms with Gasteiger partial charge < -0.3 is 10.1 Å². The topological polar surface area (TPSA) is 55.4 Å². The molecule has 0 saturated heterocycles. The summed E-state index contributed by atoms with van der Waals surface area (Å²) in [5, 5.41) is 2.70. The van der Waals surface area contributed by atoms with Crippen LogP contribution in [0.15, 0.2) is 45.3 Å². The average molecular weight is 411 g/mol. The van der Waals surface area contributed by atoms with Gasteiger partial charge in [-0.1, -0.05) is 28.1 Å². The zero-order chi connectivity index (χ0) is 15.0. The second-order valence-electron chi connectivity index (χ2n) is 4.50. The zero-order valence-corrected chi connectivity index (χ0v) is 13.8. The van der Waals surface area contributed by atoms with E-state index in [1.165, 1.54) is 0 Å². The van der Waals surface area contributed by atoms with Crippen molar-refractivity contribution in [1.29, 1.82) is 0 Å². The van der Waals surface area contributed by atoms with Crippen molar-refractivity contribution >= 4 is 49.2 Å². The minimum absolute atomic E-state index is 0.0425. The molecule has 2 aromatic carbocycles. The van der Waals surface area contributed by atoms with E-state index in [2.05, 4.69) is 37.2 Å². The minimum atomic E-state index is -0.208. The fourth-order valence-electron chi connectivity index (χ4n) is 2.06. The van der Waals surface area contributed by atoms with E-state index in [0.717, 1.165) is 4.47 Å². The molecule has 1 heterocycles. The standard InChI is InChI=1S/C15H9Br2NO3/c16-9-3-1-2-8(4-9)15(20)10-5-13-12(6-11(10)17)18-14(19)7-21-13/h1-6H,7H2,(H,18,19). The lowest BCUT2D eigenvalue weighted by Crippen LogP contribution is -2.25. The van der Waals surface area contributed by atoms with Crippen LogP contribution in [0.1, 0.15) is 15.9 Å². The fraction of sp³-hybridized carbons (Fsp3) is 0.0667. The summed E-state index contributed by atoms with van der Waals surface area (Å²) in [5.74, 6) is 0.170. The van der Waals surface area contributed by atoms with Crippen molar-refractivity contribution in [2.75, 3.05) is 11.9 Å². The number of anilines is 1. The molecule has 0 spiro atoms. The second-order valence-corrected chi connectivity index (χ2v) is 6.27. The highest BCUT2D eigenvalue weighted by atomic mass is 79.9. The molecule has 0 radical (unpaired) electrons. The van der Waals surface area contributed by atoms with Gasteiger partial charge in [0.05, 0.1) is 5.69 Å². The maximum Gasteiger partial charge on any atom is 0.262 e. The Bertz CT molecular complexity index is 759. The van der Waals surface area contributed by atoms with Gasteiger partial charge in [-0.3, -0.25) is 9.59 Å². The van der Waals surface area contributed by atoms with Crippen LogP contribution < -0.4 is 10.1 Å². The Morgan fingerprint density at radius 3 is 2.76 bits per heavy atom. The summed E-state index contributed by atoms with van der Waals surface area (Å²) in [6.45, 7) is -0.0425. The van der Waals surface area contributed by atoms with Gasteiger partial charge in [0.2, 0.25) is 0 Å². The summed E-state index contributed by atoms with van der Waals surface area (Å²) in [5.41, 5.74) is 1.62. The average Bonchev–Trinajstić information content (AvgIpc) is 2.45. The lowest BCUT2D eigenvalue weighted by molar-refractivity contribution is -0.118. The van der Waals surface area contributed by atoms with Crippen LogP contribution >= 0.6 is 31.9 Å². The summed E-state index contributed by atoms with van der Waals surface area (Å²) < 4.78 is 6.79. The van der Waals surface area contributed by atoms with E-state index in [-0.39, 0.29) is 18.3 Å². The summed E-state index contributed by atoms with van der Waals surface area (Å²) >= 11 is 6.72. The molecule has 1 N–H and O–H groups in total. The van der Waals surface area contributed by atoms with Gasteiger partial charge in [0.25, 0.3) is 5.91 Å². The molecule has 0 atom stereocenters. The van der Waals surface area contributed by atoms with Crippen LogP contribution in [0.5, 0.6) is 5.75 Å². The van der Waals surface area contributed by atoms with E-state index in [1.54, 1.807) is 30.3 Å². The Kier molecular flexibility index (Phi) is 3.82. The van der Waals surface area contributed by atoms with E-state index in [1.807, 2.05) is 6.07 Å². The van der Waals surface area contributed by atoms with Gasteiger partial charge in [0.15, 0.2) is 12.4 Å². The van der Waals surface area contributed by atoms with Crippen LogP contribution in [0, 0.1) is 0 Å².